The van der Waals surface area contributed by atoms with E-state index in [1.165, 1.54) is 12.8 Å². The standard InChI is InChI=1S/C12H26N2O/c1-11(2,8-13)9-14(3)10-12(15)6-4-5-7-12/h15H,4-10,13H2,1-3H3. The minimum absolute atomic E-state index is 0.143. The summed E-state index contributed by atoms with van der Waals surface area (Å²) in [5, 5.41) is 10.3. The highest BCUT2D eigenvalue weighted by Crippen LogP contribution is 2.30. The molecule has 0 heterocycles. The van der Waals surface area contributed by atoms with E-state index in [0.29, 0.717) is 6.54 Å². The van der Waals surface area contributed by atoms with Crippen LogP contribution in [-0.2, 0) is 0 Å². The third-order valence-corrected chi connectivity index (χ3v) is 3.35. The Hall–Kier alpha value is -0.120. The quantitative estimate of drug-likeness (QED) is 0.723. The van der Waals surface area contributed by atoms with Crippen molar-refractivity contribution in [3.05, 3.63) is 0 Å². The fourth-order valence-electron chi connectivity index (χ4n) is 2.54. The predicted octanol–water partition coefficient (Wildman–Crippen LogP) is 1.21. The van der Waals surface area contributed by atoms with Crippen molar-refractivity contribution in [3.8, 4) is 0 Å². The van der Waals surface area contributed by atoms with Crippen molar-refractivity contribution in [2.75, 3.05) is 26.7 Å². The maximum absolute atomic E-state index is 10.3. The average Bonchev–Trinajstić information content (AvgIpc) is 2.50. The first kappa shape index (κ1) is 12.9. The first-order valence-corrected chi connectivity index (χ1v) is 5.98. The van der Waals surface area contributed by atoms with Gasteiger partial charge in [0.1, 0.15) is 0 Å². The summed E-state index contributed by atoms with van der Waals surface area (Å²) in [6.07, 6.45) is 4.26. The smallest absolute Gasteiger partial charge is 0.0774 e. The molecule has 3 heteroatoms. The summed E-state index contributed by atoms with van der Waals surface area (Å²) in [7, 11) is 2.08. The van der Waals surface area contributed by atoms with Gasteiger partial charge in [-0.25, -0.2) is 0 Å². The maximum Gasteiger partial charge on any atom is 0.0774 e. The molecule has 0 saturated heterocycles. The van der Waals surface area contributed by atoms with Crippen molar-refractivity contribution in [2.24, 2.45) is 11.1 Å². The minimum Gasteiger partial charge on any atom is -0.389 e. The molecule has 0 spiro atoms. The van der Waals surface area contributed by atoms with E-state index in [4.69, 9.17) is 5.73 Å². The Labute approximate surface area is 93.6 Å². The molecule has 1 saturated carbocycles. The molecule has 0 unspecified atom stereocenters. The molecule has 3 nitrogen and oxygen atoms in total. The first-order chi connectivity index (χ1) is 6.87. The summed E-state index contributed by atoms with van der Waals surface area (Å²) in [6, 6.07) is 0. The van der Waals surface area contributed by atoms with Gasteiger partial charge in [-0.3, -0.25) is 0 Å². The van der Waals surface area contributed by atoms with E-state index in [2.05, 4.69) is 25.8 Å². The van der Waals surface area contributed by atoms with Gasteiger partial charge >= 0.3 is 0 Å². The molecule has 0 radical (unpaired) electrons. The number of nitrogens with two attached hydrogens (primary N) is 1. The molecule has 1 rings (SSSR count). The number of rotatable bonds is 5. The molecular weight excluding hydrogens is 188 g/mol. The van der Waals surface area contributed by atoms with Gasteiger partial charge in [0.05, 0.1) is 5.60 Å². The van der Waals surface area contributed by atoms with Crippen LogP contribution >= 0.6 is 0 Å². The summed E-state index contributed by atoms with van der Waals surface area (Å²) >= 11 is 0. The van der Waals surface area contributed by atoms with Crippen molar-refractivity contribution in [3.63, 3.8) is 0 Å². The summed E-state index contributed by atoms with van der Waals surface area (Å²) in [6.45, 7) is 6.77. The zero-order valence-corrected chi connectivity index (χ0v) is 10.4. The van der Waals surface area contributed by atoms with E-state index < -0.39 is 5.60 Å². The number of likely N-dealkylation sites (N-methyl/N-ethyl adjacent to an activating group) is 1. The Morgan fingerprint density at radius 3 is 2.33 bits per heavy atom. The molecule has 3 N–H and O–H groups in total. The van der Waals surface area contributed by atoms with Gasteiger partial charge in [-0.1, -0.05) is 26.7 Å². The molecule has 1 aliphatic carbocycles. The highest BCUT2D eigenvalue weighted by molar-refractivity contribution is 4.87. The molecule has 0 atom stereocenters. The second-order valence-corrected chi connectivity index (χ2v) is 5.97. The maximum atomic E-state index is 10.3. The molecule has 15 heavy (non-hydrogen) atoms. The zero-order chi connectivity index (χ0) is 11.5. The average molecular weight is 214 g/mol. The number of nitrogens with zero attached hydrogens (tertiary/aromatic N) is 1. The molecule has 0 aromatic heterocycles. The molecule has 1 aliphatic rings. The van der Waals surface area contributed by atoms with Crippen LogP contribution in [0.4, 0.5) is 0 Å². The highest BCUT2D eigenvalue weighted by atomic mass is 16.3. The number of aliphatic hydroxyl groups is 1. The van der Waals surface area contributed by atoms with Crippen LogP contribution in [0, 0.1) is 5.41 Å². The van der Waals surface area contributed by atoms with Gasteiger partial charge < -0.3 is 15.7 Å². The molecule has 1 fully saturated rings. The van der Waals surface area contributed by atoms with Gasteiger partial charge in [-0.05, 0) is 31.8 Å². The summed E-state index contributed by atoms with van der Waals surface area (Å²) in [5.41, 5.74) is 5.42. The van der Waals surface area contributed by atoms with Crippen LogP contribution in [0.5, 0.6) is 0 Å². The molecule has 0 bridgehead atoms. The third kappa shape index (κ3) is 4.09. The van der Waals surface area contributed by atoms with E-state index >= 15 is 0 Å². The zero-order valence-electron chi connectivity index (χ0n) is 10.4. The van der Waals surface area contributed by atoms with Crippen LogP contribution in [0.1, 0.15) is 39.5 Å². The fraction of sp³-hybridized carbons (Fsp3) is 1.00. The lowest BCUT2D eigenvalue weighted by atomic mass is 9.92. The van der Waals surface area contributed by atoms with Crippen LogP contribution in [-0.4, -0.2) is 42.3 Å². The molecule has 90 valence electrons. The topological polar surface area (TPSA) is 49.5 Å². The van der Waals surface area contributed by atoms with Crippen molar-refractivity contribution in [1.29, 1.82) is 0 Å². The van der Waals surface area contributed by atoms with E-state index in [0.717, 1.165) is 25.9 Å². The van der Waals surface area contributed by atoms with Crippen molar-refractivity contribution < 1.29 is 5.11 Å². The molecule has 0 amide bonds. The first-order valence-electron chi connectivity index (χ1n) is 5.98. The molecule has 0 aromatic rings. The van der Waals surface area contributed by atoms with Crippen LogP contribution in [0.15, 0.2) is 0 Å². The molecule has 0 aromatic carbocycles. The predicted molar refractivity (Wildman–Crippen MR) is 63.8 cm³/mol. The van der Waals surface area contributed by atoms with Gasteiger partial charge in [-0.15, -0.1) is 0 Å². The summed E-state index contributed by atoms with van der Waals surface area (Å²) < 4.78 is 0. The van der Waals surface area contributed by atoms with Crippen LogP contribution in [0.2, 0.25) is 0 Å². The largest absolute Gasteiger partial charge is 0.389 e. The normalized spacial score (nSPS) is 21.2. The number of hydrogen-bond acceptors (Lipinski definition) is 3. The highest BCUT2D eigenvalue weighted by Gasteiger charge is 2.33. The Balaban J connectivity index is 2.38. The monoisotopic (exact) mass is 214 g/mol. The van der Waals surface area contributed by atoms with Crippen molar-refractivity contribution in [1.82, 2.24) is 4.90 Å². The van der Waals surface area contributed by atoms with Gasteiger partial charge in [0.15, 0.2) is 0 Å². The van der Waals surface area contributed by atoms with Crippen LogP contribution in [0.3, 0.4) is 0 Å². The van der Waals surface area contributed by atoms with Gasteiger partial charge in [0.25, 0.3) is 0 Å². The lowest BCUT2D eigenvalue weighted by Crippen LogP contribution is -2.44. The van der Waals surface area contributed by atoms with Crippen LogP contribution in [0.25, 0.3) is 0 Å². The Bertz CT molecular complexity index is 198. The van der Waals surface area contributed by atoms with Crippen LogP contribution < -0.4 is 5.73 Å². The molecule has 0 aliphatic heterocycles. The fourth-order valence-corrected chi connectivity index (χ4v) is 2.54. The number of hydrogen-bond donors (Lipinski definition) is 2. The van der Waals surface area contributed by atoms with Gasteiger partial charge in [0, 0.05) is 13.1 Å². The lowest BCUT2D eigenvalue weighted by molar-refractivity contribution is 0.00876. The van der Waals surface area contributed by atoms with Crippen molar-refractivity contribution >= 4 is 0 Å². The minimum atomic E-state index is -0.431. The van der Waals surface area contributed by atoms with E-state index in [9.17, 15) is 5.11 Å². The van der Waals surface area contributed by atoms with Crippen molar-refractivity contribution in [2.45, 2.75) is 45.1 Å². The van der Waals surface area contributed by atoms with E-state index in [1.807, 2.05) is 0 Å². The third-order valence-electron chi connectivity index (χ3n) is 3.35. The second-order valence-electron chi connectivity index (χ2n) is 5.97. The lowest BCUT2D eigenvalue weighted by Gasteiger charge is -2.34. The van der Waals surface area contributed by atoms with E-state index in [1.54, 1.807) is 0 Å². The summed E-state index contributed by atoms with van der Waals surface area (Å²) in [4.78, 5) is 2.22. The van der Waals surface area contributed by atoms with Gasteiger partial charge in [0.2, 0.25) is 0 Å². The Morgan fingerprint density at radius 2 is 1.87 bits per heavy atom. The SMILES string of the molecule is CN(CC(C)(C)CN)CC1(O)CCCC1. The second kappa shape index (κ2) is 4.81. The Morgan fingerprint density at radius 1 is 1.33 bits per heavy atom. The van der Waals surface area contributed by atoms with Gasteiger partial charge in [-0.2, -0.15) is 0 Å². The molecular formula is C12H26N2O. The summed E-state index contributed by atoms with van der Waals surface area (Å²) in [5.74, 6) is 0. The Kier molecular flexibility index (Phi) is 4.15. The van der Waals surface area contributed by atoms with E-state index in [-0.39, 0.29) is 5.41 Å².